The minimum absolute atomic E-state index is 0.829. The summed E-state index contributed by atoms with van der Waals surface area (Å²) in [5.74, 6) is 0. The summed E-state index contributed by atoms with van der Waals surface area (Å²) in [7, 11) is 2.14. The Morgan fingerprint density at radius 3 is 2.50 bits per heavy atom. The highest BCUT2D eigenvalue weighted by molar-refractivity contribution is 5.64. The number of carbonyl (C=O) groups excluding carboxylic acids is 1. The zero-order valence-corrected chi connectivity index (χ0v) is 7.57. The van der Waals surface area contributed by atoms with E-state index in [2.05, 4.69) is 16.8 Å². The molecule has 1 aliphatic heterocycles. The smallest absolute Gasteiger partial charge is 0.142 e. The highest BCUT2D eigenvalue weighted by atomic mass is 16.1. The molecule has 1 saturated heterocycles. The van der Waals surface area contributed by atoms with E-state index >= 15 is 0 Å². The average Bonchev–Trinajstić information content (AvgIpc) is 2.09. The molecule has 0 amide bonds. The lowest BCUT2D eigenvalue weighted by Crippen LogP contribution is -2.44. The van der Waals surface area contributed by atoms with E-state index in [1.54, 1.807) is 6.08 Å². The van der Waals surface area contributed by atoms with Crippen molar-refractivity contribution in [2.75, 3.05) is 39.8 Å². The Bertz CT molecular complexity index is 160. The van der Waals surface area contributed by atoms with Gasteiger partial charge in [0.1, 0.15) is 6.29 Å². The maximum Gasteiger partial charge on any atom is 0.142 e. The Hall–Kier alpha value is -0.670. The fourth-order valence-corrected chi connectivity index (χ4v) is 1.30. The number of allylic oxidation sites excluding steroid dienone is 1. The lowest BCUT2D eigenvalue weighted by molar-refractivity contribution is -0.104. The van der Waals surface area contributed by atoms with Gasteiger partial charge >= 0.3 is 0 Å². The lowest BCUT2D eigenvalue weighted by atomic mass is 10.3. The molecule has 0 aromatic rings. The fraction of sp³-hybridized carbons (Fsp3) is 0.667. The van der Waals surface area contributed by atoms with Crippen molar-refractivity contribution in [2.24, 2.45) is 0 Å². The van der Waals surface area contributed by atoms with Gasteiger partial charge < -0.3 is 4.90 Å². The van der Waals surface area contributed by atoms with Crippen LogP contribution in [-0.4, -0.2) is 55.9 Å². The van der Waals surface area contributed by atoms with Gasteiger partial charge in [-0.2, -0.15) is 0 Å². The number of hydrogen-bond donors (Lipinski definition) is 0. The summed E-state index contributed by atoms with van der Waals surface area (Å²) < 4.78 is 0. The van der Waals surface area contributed by atoms with Crippen molar-refractivity contribution < 1.29 is 4.79 Å². The molecule has 1 heterocycles. The van der Waals surface area contributed by atoms with Crippen LogP contribution in [0.2, 0.25) is 0 Å². The van der Waals surface area contributed by atoms with E-state index < -0.39 is 0 Å². The molecule has 0 radical (unpaired) electrons. The van der Waals surface area contributed by atoms with Crippen LogP contribution in [0, 0.1) is 0 Å². The molecule has 0 bridgehead atoms. The van der Waals surface area contributed by atoms with Crippen molar-refractivity contribution in [1.82, 2.24) is 9.80 Å². The number of nitrogens with zero attached hydrogens (tertiary/aromatic N) is 2. The molecule has 0 unspecified atom stereocenters. The van der Waals surface area contributed by atoms with Crippen LogP contribution in [0.3, 0.4) is 0 Å². The third kappa shape index (κ3) is 3.15. The van der Waals surface area contributed by atoms with Crippen LogP contribution in [0.5, 0.6) is 0 Å². The molecule has 3 nitrogen and oxygen atoms in total. The van der Waals surface area contributed by atoms with Gasteiger partial charge in [0, 0.05) is 32.7 Å². The first-order chi connectivity index (χ1) is 5.83. The Kier molecular flexibility index (Phi) is 3.97. The molecule has 0 spiro atoms. The first-order valence-electron chi connectivity index (χ1n) is 4.34. The van der Waals surface area contributed by atoms with Gasteiger partial charge in [0.15, 0.2) is 0 Å². The number of rotatable bonds is 3. The monoisotopic (exact) mass is 168 g/mol. The predicted octanol–water partition coefficient (Wildman–Crippen LogP) is -0.0111. The second kappa shape index (κ2) is 5.06. The molecule has 1 rings (SSSR count). The minimum atomic E-state index is 0.829. The lowest BCUT2D eigenvalue weighted by Gasteiger charge is -2.31. The van der Waals surface area contributed by atoms with E-state index in [-0.39, 0.29) is 0 Å². The number of hydrogen-bond acceptors (Lipinski definition) is 3. The molecule has 12 heavy (non-hydrogen) atoms. The third-order valence-corrected chi connectivity index (χ3v) is 2.17. The normalized spacial score (nSPS) is 21.8. The van der Waals surface area contributed by atoms with E-state index in [0.717, 1.165) is 39.0 Å². The molecular formula is C9H16N2O. The summed E-state index contributed by atoms with van der Waals surface area (Å²) in [4.78, 5) is 14.7. The summed E-state index contributed by atoms with van der Waals surface area (Å²) in [6.45, 7) is 5.40. The topological polar surface area (TPSA) is 23.6 Å². The molecule has 1 aliphatic rings. The van der Waals surface area contributed by atoms with Crippen LogP contribution in [0.4, 0.5) is 0 Å². The van der Waals surface area contributed by atoms with Crippen molar-refractivity contribution in [1.29, 1.82) is 0 Å². The summed E-state index contributed by atoms with van der Waals surface area (Å²) in [6.07, 6.45) is 4.31. The summed E-state index contributed by atoms with van der Waals surface area (Å²) in [5, 5.41) is 0. The standard InChI is InChI=1S/C9H16N2O/c1-10-5-7-11(8-6-10)4-2-3-9-12/h2-3,9H,4-8H2,1H3/b3-2-. The zero-order valence-electron chi connectivity index (χ0n) is 7.57. The molecule has 0 saturated carbocycles. The predicted molar refractivity (Wildman–Crippen MR) is 49.1 cm³/mol. The number of piperazine rings is 1. The molecule has 3 heteroatoms. The van der Waals surface area contributed by atoms with Crippen molar-refractivity contribution in [2.45, 2.75) is 0 Å². The van der Waals surface area contributed by atoms with Crippen LogP contribution in [0.25, 0.3) is 0 Å². The fourth-order valence-electron chi connectivity index (χ4n) is 1.30. The Morgan fingerprint density at radius 2 is 1.92 bits per heavy atom. The van der Waals surface area contributed by atoms with Crippen LogP contribution in [0.1, 0.15) is 0 Å². The van der Waals surface area contributed by atoms with Gasteiger partial charge in [0.2, 0.25) is 0 Å². The van der Waals surface area contributed by atoms with Crippen molar-refractivity contribution in [3.8, 4) is 0 Å². The molecule has 68 valence electrons. The van der Waals surface area contributed by atoms with E-state index in [4.69, 9.17) is 0 Å². The van der Waals surface area contributed by atoms with Crippen molar-refractivity contribution >= 4 is 6.29 Å². The van der Waals surface area contributed by atoms with E-state index in [9.17, 15) is 4.79 Å². The minimum Gasteiger partial charge on any atom is -0.304 e. The van der Waals surface area contributed by atoms with E-state index in [0.29, 0.717) is 0 Å². The third-order valence-electron chi connectivity index (χ3n) is 2.17. The average molecular weight is 168 g/mol. The molecule has 1 fully saturated rings. The van der Waals surface area contributed by atoms with E-state index in [1.165, 1.54) is 0 Å². The van der Waals surface area contributed by atoms with Crippen molar-refractivity contribution in [3.05, 3.63) is 12.2 Å². The molecule has 0 aromatic heterocycles. The summed E-state index contributed by atoms with van der Waals surface area (Å²) in [5.41, 5.74) is 0. The first-order valence-corrected chi connectivity index (χ1v) is 4.34. The summed E-state index contributed by atoms with van der Waals surface area (Å²) in [6, 6.07) is 0. The molecule has 0 aromatic carbocycles. The zero-order chi connectivity index (χ0) is 8.81. The van der Waals surface area contributed by atoms with Gasteiger partial charge in [0.25, 0.3) is 0 Å². The van der Waals surface area contributed by atoms with Crippen LogP contribution < -0.4 is 0 Å². The van der Waals surface area contributed by atoms with Gasteiger partial charge in [-0.3, -0.25) is 9.69 Å². The highest BCUT2D eigenvalue weighted by Gasteiger charge is 2.11. The van der Waals surface area contributed by atoms with Crippen LogP contribution >= 0.6 is 0 Å². The SMILES string of the molecule is CN1CCN(C/C=C\C=O)CC1. The van der Waals surface area contributed by atoms with Gasteiger partial charge in [0.05, 0.1) is 0 Å². The van der Waals surface area contributed by atoms with Gasteiger partial charge in [-0.25, -0.2) is 0 Å². The van der Waals surface area contributed by atoms with Crippen LogP contribution in [-0.2, 0) is 4.79 Å². The van der Waals surface area contributed by atoms with Crippen molar-refractivity contribution in [3.63, 3.8) is 0 Å². The van der Waals surface area contributed by atoms with Gasteiger partial charge in [-0.05, 0) is 13.1 Å². The van der Waals surface area contributed by atoms with Gasteiger partial charge in [-0.15, -0.1) is 0 Å². The maximum atomic E-state index is 9.99. The Morgan fingerprint density at radius 1 is 1.25 bits per heavy atom. The molecule has 0 N–H and O–H groups in total. The second-order valence-corrected chi connectivity index (χ2v) is 3.17. The highest BCUT2D eigenvalue weighted by Crippen LogP contribution is 1.97. The van der Waals surface area contributed by atoms with E-state index in [1.807, 2.05) is 6.08 Å². The summed E-state index contributed by atoms with van der Waals surface area (Å²) >= 11 is 0. The Balaban J connectivity index is 2.17. The largest absolute Gasteiger partial charge is 0.304 e. The van der Waals surface area contributed by atoms with Crippen LogP contribution in [0.15, 0.2) is 12.2 Å². The maximum absolute atomic E-state index is 9.99. The number of carbonyl (C=O) groups is 1. The molecule has 0 atom stereocenters. The first kappa shape index (κ1) is 9.42. The molecule has 0 aliphatic carbocycles. The number of aldehydes is 1. The Labute approximate surface area is 73.6 Å². The number of likely N-dealkylation sites (N-methyl/N-ethyl adjacent to an activating group) is 1. The second-order valence-electron chi connectivity index (χ2n) is 3.17. The molecular weight excluding hydrogens is 152 g/mol. The van der Waals surface area contributed by atoms with Gasteiger partial charge in [-0.1, -0.05) is 6.08 Å². The quantitative estimate of drug-likeness (QED) is 0.437.